The van der Waals surface area contributed by atoms with E-state index in [4.69, 9.17) is 0 Å². The van der Waals surface area contributed by atoms with E-state index in [0.29, 0.717) is 5.25 Å². The lowest BCUT2D eigenvalue weighted by Gasteiger charge is -2.00. The van der Waals surface area contributed by atoms with Crippen molar-refractivity contribution in [3.63, 3.8) is 0 Å². The van der Waals surface area contributed by atoms with E-state index >= 15 is 0 Å². The highest BCUT2D eigenvalue weighted by Crippen LogP contribution is 2.27. The lowest BCUT2D eigenvalue weighted by atomic mass is 10.1. The van der Waals surface area contributed by atoms with Crippen LogP contribution in [0.1, 0.15) is 16.7 Å². The molecule has 1 unspecified atom stereocenters. The fourth-order valence-electron chi connectivity index (χ4n) is 1.81. The minimum atomic E-state index is 0.561. The van der Waals surface area contributed by atoms with E-state index in [1.54, 1.807) is 0 Å². The standard InChI is InChI=1S/C10H12S/c1-7-3-2-4-8-5-9(11)6-10(7)8/h2-4,9,11H,5-6H2,1H3. The average molecular weight is 164 g/mol. The van der Waals surface area contributed by atoms with E-state index in [1.807, 2.05) is 0 Å². The van der Waals surface area contributed by atoms with Gasteiger partial charge in [0.05, 0.1) is 0 Å². The summed E-state index contributed by atoms with van der Waals surface area (Å²) >= 11 is 4.48. The lowest BCUT2D eigenvalue weighted by molar-refractivity contribution is 0.941. The van der Waals surface area contributed by atoms with Crippen LogP contribution in [-0.2, 0) is 12.8 Å². The number of fused-ring (bicyclic) bond motifs is 1. The zero-order chi connectivity index (χ0) is 7.84. The molecule has 0 fully saturated rings. The second kappa shape index (κ2) is 2.56. The van der Waals surface area contributed by atoms with E-state index in [2.05, 4.69) is 37.8 Å². The molecule has 1 atom stereocenters. The molecule has 0 aromatic heterocycles. The summed E-state index contributed by atoms with van der Waals surface area (Å²) in [5, 5.41) is 0.561. The van der Waals surface area contributed by atoms with Crippen molar-refractivity contribution in [2.75, 3.05) is 0 Å². The summed E-state index contributed by atoms with van der Waals surface area (Å²) in [6.45, 7) is 2.19. The Kier molecular flexibility index (Phi) is 1.68. The highest BCUT2D eigenvalue weighted by Gasteiger charge is 2.18. The van der Waals surface area contributed by atoms with E-state index in [9.17, 15) is 0 Å². The minimum absolute atomic E-state index is 0.561. The van der Waals surface area contributed by atoms with Crippen LogP contribution in [0.2, 0.25) is 0 Å². The Labute approximate surface area is 73.0 Å². The molecule has 1 heteroatoms. The SMILES string of the molecule is Cc1cccc2c1CC(S)C2. The molecule has 0 amide bonds. The number of benzene rings is 1. The maximum absolute atomic E-state index is 4.48. The van der Waals surface area contributed by atoms with Crippen LogP contribution >= 0.6 is 12.6 Å². The largest absolute Gasteiger partial charge is 0.175 e. The van der Waals surface area contributed by atoms with Crippen LogP contribution in [0.5, 0.6) is 0 Å². The monoisotopic (exact) mass is 164 g/mol. The van der Waals surface area contributed by atoms with Gasteiger partial charge in [-0.3, -0.25) is 0 Å². The molecule has 11 heavy (non-hydrogen) atoms. The molecule has 0 saturated carbocycles. The first-order valence-electron chi connectivity index (χ1n) is 4.03. The zero-order valence-electron chi connectivity index (χ0n) is 6.67. The predicted octanol–water partition coefficient (Wildman–Crippen LogP) is 2.39. The third-order valence-electron chi connectivity index (χ3n) is 2.40. The molecule has 0 saturated heterocycles. The van der Waals surface area contributed by atoms with Gasteiger partial charge >= 0.3 is 0 Å². The predicted molar refractivity (Wildman–Crippen MR) is 51.4 cm³/mol. The van der Waals surface area contributed by atoms with Crippen LogP contribution in [0.3, 0.4) is 0 Å². The van der Waals surface area contributed by atoms with Crippen LogP contribution < -0.4 is 0 Å². The second-order valence-corrected chi connectivity index (χ2v) is 4.00. The third-order valence-corrected chi connectivity index (χ3v) is 2.77. The highest BCUT2D eigenvalue weighted by atomic mass is 32.1. The first kappa shape index (κ1) is 7.23. The smallest absolute Gasteiger partial charge is 0.00979 e. The Morgan fingerprint density at radius 1 is 1.36 bits per heavy atom. The summed E-state index contributed by atoms with van der Waals surface area (Å²) in [6.07, 6.45) is 2.31. The Bertz CT molecular complexity index is 278. The molecule has 0 nitrogen and oxygen atoms in total. The van der Waals surface area contributed by atoms with Crippen molar-refractivity contribution in [2.24, 2.45) is 0 Å². The van der Waals surface area contributed by atoms with Crippen LogP contribution in [0.4, 0.5) is 0 Å². The van der Waals surface area contributed by atoms with Gasteiger partial charge in [-0.1, -0.05) is 18.2 Å². The van der Waals surface area contributed by atoms with Crippen molar-refractivity contribution < 1.29 is 0 Å². The van der Waals surface area contributed by atoms with Crippen molar-refractivity contribution in [1.82, 2.24) is 0 Å². The molecule has 0 radical (unpaired) electrons. The van der Waals surface area contributed by atoms with Gasteiger partial charge in [0.2, 0.25) is 0 Å². The molecule has 0 heterocycles. The molecule has 1 aromatic carbocycles. The fraction of sp³-hybridized carbons (Fsp3) is 0.400. The van der Waals surface area contributed by atoms with E-state index in [1.165, 1.54) is 16.7 Å². The number of hydrogen-bond donors (Lipinski definition) is 1. The molecule has 2 rings (SSSR count). The summed E-state index contributed by atoms with van der Waals surface area (Å²) in [6, 6.07) is 6.54. The Hall–Kier alpha value is -0.430. The van der Waals surface area contributed by atoms with E-state index in [-0.39, 0.29) is 0 Å². The summed E-state index contributed by atoms with van der Waals surface area (Å²) in [4.78, 5) is 0. The maximum Gasteiger partial charge on any atom is 0.00979 e. The van der Waals surface area contributed by atoms with Gasteiger partial charge < -0.3 is 0 Å². The Morgan fingerprint density at radius 2 is 2.18 bits per heavy atom. The van der Waals surface area contributed by atoms with Gasteiger partial charge in [-0.2, -0.15) is 12.6 Å². The normalized spacial score (nSPS) is 21.8. The molecule has 0 bridgehead atoms. The van der Waals surface area contributed by atoms with E-state index < -0.39 is 0 Å². The molecule has 1 aromatic rings. The second-order valence-electron chi connectivity index (χ2n) is 3.27. The number of aryl methyl sites for hydroxylation is 1. The molecule has 58 valence electrons. The molecular formula is C10H12S. The number of rotatable bonds is 0. The van der Waals surface area contributed by atoms with Gasteiger partial charge in [0.25, 0.3) is 0 Å². The van der Waals surface area contributed by atoms with Crippen LogP contribution in [-0.4, -0.2) is 5.25 Å². The molecule has 0 spiro atoms. The molecule has 1 aliphatic carbocycles. The third kappa shape index (κ3) is 1.18. The molecular weight excluding hydrogens is 152 g/mol. The van der Waals surface area contributed by atoms with E-state index in [0.717, 1.165) is 12.8 Å². The van der Waals surface area contributed by atoms with Crippen molar-refractivity contribution in [2.45, 2.75) is 25.0 Å². The average Bonchev–Trinajstić information content (AvgIpc) is 2.31. The highest BCUT2D eigenvalue weighted by molar-refractivity contribution is 7.81. The van der Waals surface area contributed by atoms with Crippen LogP contribution in [0.25, 0.3) is 0 Å². The Morgan fingerprint density at radius 3 is 2.91 bits per heavy atom. The van der Waals surface area contributed by atoms with Crippen molar-refractivity contribution >= 4 is 12.6 Å². The topological polar surface area (TPSA) is 0 Å². The van der Waals surface area contributed by atoms with Gasteiger partial charge in [0.15, 0.2) is 0 Å². The number of hydrogen-bond acceptors (Lipinski definition) is 1. The minimum Gasteiger partial charge on any atom is -0.175 e. The zero-order valence-corrected chi connectivity index (χ0v) is 7.57. The lowest BCUT2D eigenvalue weighted by Crippen LogP contribution is -1.94. The molecule has 0 aliphatic heterocycles. The maximum atomic E-state index is 4.48. The van der Waals surface area contributed by atoms with Gasteiger partial charge in [-0.15, -0.1) is 0 Å². The van der Waals surface area contributed by atoms with Gasteiger partial charge in [-0.25, -0.2) is 0 Å². The molecule has 0 N–H and O–H groups in total. The fourth-order valence-corrected chi connectivity index (χ4v) is 2.19. The van der Waals surface area contributed by atoms with Gasteiger partial charge in [0.1, 0.15) is 0 Å². The van der Waals surface area contributed by atoms with Gasteiger partial charge in [-0.05, 0) is 36.5 Å². The summed E-state index contributed by atoms with van der Waals surface area (Å²) in [7, 11) is 0. The summed E-state index contributed by atoms with van der Waals surface area (Å²) in [5.41, 5.74) is 4.47. The Balaban J connectivity index is 2.49. The first-order chi connectivity index (χ1) is 5.27. The van der Waals surface area contributed by atoms with Crippen molar-refractivity contribution in [3.05, 3.63) is 34.9 Å². The first-order valence-corrected chi connectivity index (χ1v) is 4.54. The quantitative estimate of drug-likeness (QED) is 0.559. The van der Waals surface area contributed by atoms with Crippen molar-refractivity contribution in [3.8, 4) is 0 Å². The van der Waals surface area contributed by atoms with Crippen molar-refractivity contribution in [1.29, 1.82) is 0 Å². The summed E-state index contributed by atoms with van der Waals surface area (Å²) in [5.74, 6) is 0. The van der Waals surface area contributed by atoms with Gasteiger partial charge in [0, 0.05) is 5.25 Å². The molecule has 1 aliphatic rings. The number of thiol groups is 1. The van der Waals surface area contributed by atoms with Crippen LogP contribution in [0, 0.1) is 6.92 Å². The summed E-state index contributed by atoms with van der Waals surface area (Å²) < 4.78 is 0. The van der Waals surface area contributed by atoms with Crippen LogP contribution in [0.15, 0.2) is 18.2 Å².